The van der Waals surface area contributed by atoms with Crippen molar-refractivity contribution in [1.82, 2.24) is 30.2 Å². The molecule has 2 saturated heterocycles. The first-order chi connectivity index (χ1) is 42.8. The van der Waals surface area contributed by atoms with Crippen LogP contribution in [0.25, 0.3) is 22.5 Å². The Kier molecular flexibility index (Phi) is 19.8. The number of carbonyl (C=O) groups is 6. The van der Waals surface area contributed by atoms with Crippen molar-refractivity contribution in [1.29, 1.82) is 0 Å². The topological polar surface area (TPSA) is 316 Å². The number of para-hydroxylation sites is 2. The number of carboxylic acids is 2. The van der Waals surface area contributed by atoms with E-state index in [4.69, 9.17) is 40.6 Å². The number of benzene rings is 6. The van der Waals surface area contributed by atoms with Gasteiger partial charge in [0, 0.05) is 24.2 Å². The van der Waals surface area contributed by atoms with Crippen LogP contribution in [0, 0.1) is 11.8 Å². The first kappa shape index (κ1) is 60.8. The van der Waals surface area contributed by atoms with Crippen LogP contribution in [-0.4, -0.2) is 117 Å². The summed E-state index contributed by atoms with van der Waals surface area (Å²) in [6, 6.07) is 50.0. The molecule has 10 N–H and O–H groups in total. The molecule has 4 atom stereocenters. The van der Waals surface area contributed by atoms with Gasteiger partial charge in [0.15, 0.2) is 0 Å². The van der Waals surface area contributed by atoms with E-state index in [-0.39, 0.29) is 23.2 Å². The molecule has 0 saturated carbocycles. The summed E-state index contributed by atoms with van der Waals surface area (Å²) < 4.78 is 25.3. The lowest BCUT2D eigenvalue weighted by Gasteiger charge is -2.34. The summed E-state index contributed by atoms with van der Waals surface area (Å²) in [6.07, 6.45) is 2.06. The molecule has 22 nitrogen and oxygen atoms in total. The van der Waals surface area contributed by atoms with Gasteiger partial charge in [-0.1, -0.05) is 72.8 Å². The first-order valence-corrected chi connectivity index (χ1v) is 29.2. The number of amides is 2. The second-order valence-corrected chi connectivity index (χ2v) is 21.4. The lowest BCUT2D eigenvalue weighted by molar-refractivity contribution is -0.166. The second kappa shape index (κ2) is 28.7. The maximum Gasteiger partial charge on any atom is 0.349 e. The third-order valence-corrected chi connectivity index (χ3v) is 15.7. The monoisotopic (exact) mass is 1190 g/mol. The van der Waals surface area contributed by atoms with Gasteiger partial charge in [0.25, 0.3) is 11.8 Å². The average molecular weight is 1190 g/mol. The van der Waals surface area contributed by atoms with Crippen molar-refractivity contribution in [2.75, 3.05) is 49.9 Å². The van der Waals surface area contributed by atoms with Gasteiger partial charge in [0.05, 0.1) is 23.2 Å². The molecule has 2 aromatic heterocycles. The van der Waals surface area contributed by atoms with Gasteiger partial charge in [0.1, 0.15) is 57.1 Å². The van der Waals surface area contributed by atoms with Crippen LogP contribution >= 0.6 is 0 Å². The summed E-state index contributed by atoms with van der Waals surface area (Å²) in [5.74, 6) is -0.934. The average Bonchev–Trinajstić information content (AvgIpc) is 2.26. The third kappa shape index (κ3) is 14.7. The molecule has 6 aromatic carbocycles. The lowest BCUT2D eigenvalue weighted by atomic mass is 9.87. The number of fused-ring (bicyclic) bond motifs is 2. The number of aliphatic carboxylic acids is 2. The van der Waals surface area contributed by atoms with Crippen molar-refractivity contribution in [2.45, 2.75) is 62.8 Å². The van der Waals surface area contributed by atoms with Gasteiger partial charge in [-0.25, -0.2) is 28.5 Å². The molecule has 0 aliphatic carbocycles. The van der Waals surface area contributed by atoms with E-state index in [0.717, 1.165) is 124 Å². The van der Waals surface area contributed by atoms with E-state index >= 15 is 0 Å². The fourth-order valence-electron chi connectivity index (χ4n) is 11.4. The zero-order valence-corrected chi connectivity index (χ0v) is 48.0. The molecule has 4 aliphatic rings. The van der Waals surface area contributed by atoms with Crippen LogP contribution in [0.4, 0.5) is 11.6 Å². The molecular weight excluding hydrogens is 1120 g/mol. The zero-order chi connectivity index (χ0) is 61.5. The third-order valence-electron chi connectivity index (χ3n) is 15.7. The smallest absolute Gasteiger partial charge is 0.349 e. The van der Waals surface area contributed by atoms with Crippen molar-refractivity contribution in [2.24, 2.45) is 23.3 Å². The SMILES string of the molecule is NC(=O)c1c(-c2ccc(Oc3ccccc3)cc2)nn2c1NCC[C@H]2C1CCNCC1.NC(=O)c1c(-c2ccc(Oc3ccccc3)cc2)nn2c1NCC[C@H]2C1CCNCC1.O=C(O[C@@H](C(=O)O)[C@@H](OC(=O)c1ccccc1)C(=O)O)c1ccccc1. The molecule has 4 aliphatic heterocycles. The van der Waals surface area contributed by atoms with Gasteiger partial charge in [-0.05, 0) is 174 Å². The van der Waals surface area contributed by atoms with Crippen LogP contribution in [0.3, 0.4) is 0 Å². The molecule has 88 heavy (non-hydrogen) atoms. The summed E-state index contributed by atoms with van der Waals surface area (Å²) in [7, 11) is 0. The zero-order valence-electron chi connectivity index (χ0n) is 48.0. The van der Waals surface area contributed by atoms with Crippen molar-refractivity contribution in [3.8, 4) is 45.5 Å². The van der Waals surface area contributed by atoms with Crippen molar-refractivity contribution in [3.63, 3.8) is 0 Å². The van der Waals surface area contributed by atoms with E-state index in [9.17, 15) is 39.0 Å². The minimum absolute atomic E-state index is 0.0253. The predicted octanol–water partition coefficient (Wildman–Crippen LogP) is 9.20. The van der Waals surface area contributed by atoms with E-state index in [0.29, 0.717) is 34.4 Å². The summed E-state index contributed by atoms with van der Waals surface area (Å²) in [5.41, 5.74) is 15.6. The molecule has 0 bridgehead atoms. The predicted molar refractivity (Wildman–Crippen MR) is 327 cm³/mol. The molecule has 12 rings (SSSR count). The van der Waals surface area contributed by atoms with Gasteiger partial charge < -0.3 is 61.9 Å². The fraction of sp³-hybridized carbons (Fsp3) is 0.273. The summed E-state index contributed by atoms with van der Waals surface area (Å²) in [6.45, 7) is 5.77. The van der Waals surface area contributed by atoms with Crippen LogP contribution in [-0.2, 0) is 19.1 Å². The molecule has 6 heterocycles. The normalized spacial score (nSPS) is 16.9. The van der Waals surface area contributed by atoms with E-state index in [1.54, 1.807) is 12.1 Å². The maximum atomic E-state index is 12.4. The highest BCUT2D eigenvalue weighted by molar-refractivity contribution is 6.05. The lowest BCUT2D eigenvalue weighted by Crippen LogP contribution is -2.45. The standard InChI is InChI=1S/2C24H27N5O2.C18H14O8/c2*25-23(30)21-22(17-6-8-19(9-7-17)31-18-4-2-1-3-5-18)28-29-20(12-15-27-24(21)29)16-10-13-26-14-11-16;19-15(20)13(25-17(23)11-7-3-1-4-8-11)14(16(21)22)26-18(24)12-9-5-2-6-10-12/h2*1-9,16,20,26-27H,10-15H2,(H2,25,30);1-10,13-14H,(H,19,20)(H,21,22)/t2*20-;13-,14-/m001/s1. The number of hydrogen-bond acceptors (Lipinski definition) is 16. The number of nitrogens with two attached hydrogens (primary N) is 2. The fourth-order valence-corrected chi connectivity index (χ4v) is 11.4. The van der Waals surface area contributed by atoms with Crippen molar-refractivity contribution >= 4 is 47.3 Å². The number of aromatic nitrogens is 4. The number of nitrogens with one attached hydrogen (secondary N) is 4. The number of carboxylic acid groups (broad SMARTS) is 2. The van der Waals surface area contributed by atoms with E-state index < -0.39 is 47.9 Å². The number of ether oxygens (including phenoxy) is 4. The van der Waals surface area contributed by atoms with Crippen LogP contribution in [0.2, 0.25) is 0 Å². The molecule has 454 valence electrons. The molecule has 2 amide bonds. The molecule has 8 aromatic rings. The number of carbonyl (C=O) groups excluding carboxylic acids is 4. The maximum absolute atomic E-state index is 12.4. The second-order valence-electron chi connectivity index (χ2n) is 21.4. The number of piperidine rings is 2. The number of rotatable bonds is 17. The highest BCUT2D eigenvalue weighted by Crippen LogP contribution is 2.41. The summed E-state index contributed by atoms with van der Waals surface area (Å²) in [4.78, 5) is 71.7. The van der Waals surface area contributed by atoms with Gasteiger partial charge in [-0.3, -0.25) is 9.59 Å². The Hall–Kier alpha value is -10.3. The van der Waals surface area contributed by atoms with Gasteiger partial charge in [-0.2, -0.15) is 10.2 Å². The number of anilines is 2. The highest BCUT2D eigenvalue weighted by Gasteiger charge is 2.41. The van der Waals surface area contributed by atoms with Crippen molar-refractivity contribution < 1.29 is 57.9 Å². The van der Waals surface area contributed by atoms with Crippen molar-refractivity contribution in [3.05, 3.63) is 192 Å². The summed E-state index contributed by atoms with van der Waals surface area (Å²) in [5, 5.41) is 41.9. The Labute approximate surface area is 507 Å². The number of esters is 2. The number of primary amides is 2. The molecule has 0 radical (unpaired) electrons. The minimum Gasteiger partial charge on any atom is -0.478 e. The first-order valence-electron chi connectivity index (χ1n) is 29.2. The van der Waals surface area contributed by atoms with Crippen LogP contribution < -0.4 is 42.2 Å². The van der Waals surface area contributed by atoms with Gasteiger partial charge in [0.2, 0.25) is 12.2 Å². The number of nitrogens with zero attached hydrogens (tertiary/aromatic N) is 4. The molecule has 2 fully saturated rings. The van der Waals surface area contributed by atoms with E-state index in [2.05, 4.69) is 21.3 Å². The number of hydrogen-bond donors (Lipinski definition) is 8. The highest BCUT2D eigenvalue weighted by atomic mass is 16.6. The Morgan fingerprint density at radius 2 is 0.750 bits per heavy atom. The Morgan fingerprint density at radius 3 is 1.07 bits per heavy atom. The Balaban J connectivity index is 0.000000147. The van der Waals surface area contributed by atoms with Crippen LogP contribution in [0.1, 0.15) is 92.0 Å². The van der Waals surface area contributed by atoms with Crippen LogP contribution in [0.15, 0.2) is 170 Å². The quantitative estimate of drug-likeness (QED) is 0.0394. The molecular formula is C66H68N10O12. The van der Waals surface area contributed by atoms with Crippen LogP contribution in [0.5, 0.6) is 23.0 Å². The van der Waals surface area contributed by atoms with Gasteiger partial charge >= 0.3 is 23.9 Å². The van der Waals surface area contributed by atoms with Gasteiger partial charge in [-0.15, -0.1) is 0 Å². The Morgan fingerprint density at radius 1 is 0.432 bits per heavy atom. The van der Waals surface area contributed by atoms with E-state index in [1.807, 2.05) is 119 Å². The summed E-state index contributed by atoms with van der Waals surface area (Å²) >= 11 is 0. The Bertz CT molecular complexity index is 3450. The largest absolute Gasteiger partial charge is 0.478 e. The minimum atomic E-state index is -2.21. The molecule has 0 spiro atoms. The molecule has 0 unspecified atom stereocenters. The molecule has 22 heteroatoms. The van der Waals surface area contributed by atoms with E-state index in [1.165, 1.54) is 48.5 Å².